The molecule has 0 radical (unpaired) electrons. The summed E-state index contributed by atoms with van der Waals surface area (Å²) in [4.78, 5) is 21.6. The zero-order valence-electron chi connectivity index (χ0n) is 10.3. The largest absolute Gasteiger partial charge is 0.482 e. The van der Waals surface area contributed by atoms with E-state index in [1.165, 1.54) is 6.08 Å². The molecule has 0 fully saturated rings. The molecule has 102 valence electrons. The van der Waals surface area contributed by atoms with Gasteiger partial charge in [0.1, 0.15) is 5.75 Å². The Morgan fingerprint density at radius 3 is 2.79 bits per heavy atom. The van der Waals surface area contributed by atoms with Crippen molar-refractivity contribution in [1.29, 1.82) is 0 Å². The fourth-order valence-electron chi connectivity index (χ4n) is 1.25. The Morgan fingerprint density at radius 1 is 1.42 bits per heavy atom. The van der Waals surface area contributed by atoms with Gasteiger partial charge in [0.15, 0.2) is 6.61 Å². The van der Waals surface area contributed by atoms with Crippen molar-refractivity contribution in [1.82, 2.24) is 0 Å². The first kappa shape index (κ1) is 15.2. The molecule has 1 N–H and O–H groups in total. The Hall–Kier alpha value is -1.82. The van der Waals surface area contributed by atoms with Crippen molar-refractivity contribution in [2.45, 2.75) is 6.92 Å². The number of carbonyl (C=O) groups is 2. The lowest BCUT2D eigenvalue weighted by Gasteiger charge is -2.07. The van der Waals surface area contributed by atoms with Gasteiger partial charge in [0.25, 0.3) is 0 Å². The van der Waals surface area contributed by atoms with Gasteiger partial charge in [-0.25, -0.2) is 9.59 Å². The van der Waals surface area contributed by atoms with Crippen LogP contribution >= 0.6 is 15.9 Å². The van der Waals surface area contributed by atoms with Crippen LogP contribution in [0.15, 0.2) is 28.7 Å². The van der Waals surface area contributed by atoms with Gasteiger partial charge in [0.2, 0.25) is 0 Å². The molecular weight excluding hydrogens is 316 g/mol. The van der Waals surface area contributed by atoms with E-state index in [1.54, 1.807) is 25.1 Å². The third-order valence-electron chi connectivity index (χ3n) is 2.03. The van der Waals surface area contributed by atoms with Crippen LogP contribution in [0.4, 0.5) is 0 Å². The van der Waals surface area contributed by atoms with Crippen molar-refractivity contribution in [2.24, 2.45) is 0 Å². The number of aliphatic carboxylic acids is 1. The predicted molar refractivity (Wildman–Crippen MR) is 72.9 cm³/mol. The number of carboxylic acids is 1. The van der Waals surface area contributed by atoms with E-state index in [0.29, 0.717) is 17.9 Å². The highest BCUT2D eigenvalue weighted by molar-refractivity contribution is 9.10. The second kappa shape index (κ2) is 7.58. The molecule has 0 spiro atoms. The third kappa shape index (κ3) is 5.56. The van der Waals surface area contributed by atoms with E-state index in [-0.39, 0.29) is 6.61 Å². The van der Waals surface area contributed by atoms with Crippen LogP contribution in [0, 0.1) is 0 Å². The predicted octanol–water partition coefficient (Wildman–Crippen LogP) is 2.49. The van der Waals surface area contributed by atoms with Crippen molar-refractivity contribution in [3.8, 4) is 5.75 Å². The molecule has 0 aromatic heterocycles. The lowest BCUT2D eigenvalue weighted by Crippen LogP contribution is -2.14. The smallest absolute Gasteiger partial charge is 0.344 e. The number of ether oxygens (including phenoxy) is 2. The number of rotatable bonds is 6. The quantitative estimate of drug-likeness (QED) is 0.641. The van der Waals surface area contributed by atoms with Crippen LogP contribution in [0.3, 0.4) is 0 Å². The van der Waals surface area contributed by atoms with E-state index >= 15 is 0 Å². The van der Waals surface area contributed by atoms with Crippen molar-refractivity contribution in [2.75, 3.05) is 13.2 Å². The molecule has 19 heavy (non-hydrogen) atoms. The summed E-state index contributed by atoms with van der Waals surface area (Å²) in [6, 6.07) is 5.01. The monoisotopic (exact) mass is 328 g/mol. The summed E-state index contributed by atoms with van der Waals surface area (Å²) < 4.78 is 10.7. The third-order valence-corrected chi connectivity index (χ3v) is 2.76. The lowest BCUT2D eigenvalue weighted by molar-refractivity contribution is -0.145. The molecule has 0 aliphatic carbocycles. The Bertz CT molecular complexity index is 496. The van der Waals surface area contributed by atoms with Gasteiger partial charge in [-0.05, 0) is 36.8 Å². The number of hydrogen-bond donors (Lipinski definition) is 1. The number of halogens is 1. The van der Waals surface area contributed by atoms with Gasteiger partial charge in [-0.3, -0.25) is 0 Å². The van der Waals surface area contributed by atoms with Crippen LogP contribution in [-0.4, -0.2) is 30.3 Å². The summed E-state index contributed by atoms with van der Waals surface area (Å²) in [6.45, 7) is 1.83. The topological polar surface area (TPSA) is 72.8 Å². The molecule has 0 bridgehead atoms. The molecule has 1 aromatic rings. The van der Waals surface area contributed by atoms with E-state index in [0.717, 1.165) is 10.5 Å². The number of esters is 1. The van der Waals surface area contributed by atoms with E-state index in [1.807, 2.05) is 0 Å². The number of hydrogen-bond acceptors (Lipinski definition) is 4. The van der Waals surface area contributed by atoms with E-state index < -0.39 is 11.9 Å². The number of carboxylic acid groups (broad SMARTS) is 1. The minimum atomic E-state index is -1.04. The molecule has 1 aromatic carbocycles. The molecule has 0 saturated carbocycles. The normalized spacial score (nSPS) is 10.4. The summed E-state index contributed by atoms with van der Waals surface area (Å²) in [5.41, 5.74) is 0.642. The Labute approximate surface area is 119 Å². The van der Waals surface area contributed by atoms with Gasteiger partial charge < -0.3 is 14.6 Å². The molecule has 0 saturated heterocycles. The zero-order chi connectivity index (χ0) is 14.3. The van der Waals surface area contributed by atoms with Gasteiger partial charge >= 0.3 is 11.9 Å². The second-order valence-electron chi connectivity index (χ2n) is 3.45. The fraction of sp³-hybridized carbons (Fsp3) is 0.231. The molecule has 0 heterocycles. The molecule has 0 aliphatic rings. The second-order valence-corrected chi connectivity index (χ2v) is 4.30. The molecule has 0 unspecified atom stereocenters. The molecule has 0 atom stereocenters. The standard InChI is InChI=1S/C13H13BrO5/c1-2-18-13(17)8-19-10-4-5-11(14)9(7-10)3-6-12(15)16/h3-7H,2,8H2,1H3,(H,15,16)/b6-3+. The summed E-state index contributed by atoms with van der Waals surface area (Å²) in [5.74, 6) is -1.03. The maximum atomic E-state index is 11.1. The molecule has 6 heteroatoms. The molecule has 1 rings (SSSR count). The first-order valence-electron chi connectivity index (χ1n) is 5.52. The summed E-state index contributed by atoms with van der Waals surface area (Å²) in [6.07, 6.45) is 2.46. The lowest BCUT2D eigenvalue weighted by atomic mass is 10.2. The van der Waals surface area contributed by atoms with Gasteiger partial charge in [0, 0.05) is 10.5 Å². The average molecular weight is 329 g/mol. The van der Waals surface area contributed by atoms with Gasteiger partial charge in [-0.2, -0.15) is 0 Å². The van der Waals surface area contributed by atoms with Crippen molar-refractivity contribution >= 4 is 33.9 Å². The average Bonchev–Trinajstić information content (AvgIpc) is 2.36. The van der Waals surface area contributed by atoms with Crippen molar-refractivity contribution < 1.29 is 24.2 Å². The maximum Gasteiger partial charge on any atom is 0.344 e. The first-order valence-corrected chi connectivity index (χ1v) is 6.31. The van der Waals surface area contributed by atoms with Crippen LogP contribution in [0.2, 0.25) is 0 Å². The van der Waals surface area contributed by atoms with Gasteiger partial charge in [-0.15, -0.1) is 0 Å². The first-order chi connectivity index (χ1) is 9.02. The molecule has 0 amide bonds. The van der Waals surface area contributed by atoms with E-state index in [2.05, 4.69) is 15.9 Å². The van der Waals surface area contributed by atoms with Crippen molar-refractivity contribution in [3.63, 3.8) is 0 Å². The molecule has 0 aliphatic heterocycles. The van der Waals surface area contributed by atoms with E-state index in [4.69, 9.17) is 14.6 Å². The Balaban J connectivity index is 2.73. The van der Waals surface area contributed by atoms with Crippen LogP contribution in [0.25, 0.3) is 6.08 Å². The number of benzene rings is 1. The van der Waals surface area contributed by atoms with Crippen molar-refractivity contribution in [3.05, 3.63) is 34.3 Å². The highest BCUT2D eigenvalue weighted by Gasteiger charge is 2.05. The minimum absolute atomic E-state index is 0.183. The molecular formula is C13H13BrO5. The van der Waals surface area contributed by atoms with Crippen LogP contribution in [0.1, 0.15) is 12.5 Å². The van der Waals surface area contributed by atoms with Crippen LogP contribution < -0.4 is 4.74 Å². The minimum Gasteiger partial charge on any atom is -0.482 e. The Kier molecular flexibility index (Phi) is 6.08. The van der Waals surface area contributed by atoms with Gasteiger partial charge in [0.05, 0.1) is 6.61 Å². The molecule has 5 nitrogen and oxygen atoms in total. The Morgan fingerprint density at radius 2 is 2.16 bits per heavy atom. The summed E-state index contributed by atoms with van der Waals surface area (Å²) in [5, 5.41) is 8.58. The zero-order valence-corrected chi connectivity index (χ0v) is 11.8. The highest BCUT2D eigenvalue weighted by atomic mass is 79.9. The summed E-state index contributed by atoms with van der Waals surface area (Å²) >= 11 is 3.29. The maximum absolute atomic E-state index is 11.1. The SMILES string of the molecule is CCOC(=O)COc1ccc(Br)c(/C=C/C(=O)O)c1. The number of carbonyl (C=O) groups excluding carboxylic acids is 1. The highest BCUT2D eigenvalue weighted by Crippen LogP contribution is 2.23. The van der Waals surface area contributed by atoms with Crippen LogP contribution in [-0.2, 0) is 14.3 Å². The van der Waals surface area contributed by atoms with Gasteiger partial charge in [-0.1, -0.05) is 15.9 Å². The van der Waals surface area contributed by atoms with E-state index in [9.17, 15) is 9.59 Å². The van der Waals surface area contributed by atoms with Crippen LogP contribution in [0.5, 0.6) is 5.75 Å². The summed E-state index contributed by atoms with van der Waals surface area (Å²) in [7, 11) is 0. The fourth-order valence-corrected chi connectivity index (χ4v) is 1.62.